The van der Waals surface area contributed by atoms with Gasteiger partial charge in [0.15, 0.2) is 0 Å². The van der Waals surface area contributed by atoms with Crippen LogP contribution in [0.25, 0.3) is 5.69 Å². The number of hydrogen-bond donors (Lipinski definition) is 0. The fourth-order valence-electron chi connectivity index (χ4n) is 2.88. The molecule has 124 valence electrons. The van der Waals surface area contributed by atoms with Gasteiger partial charge in [-0.1, -0.05) is 17.1 Å². The fraction of sp³-hybridized carbons (Fsp3) is 0.474. The molecule has 0 atom stereocenters. The molecule has 0 N–H and O–H groups in total. The number of aromatic nitrogens is 3. The van der Waals surface area contributed by atoms with E-state index in [-0.39, 0.29) is 0 Å². The zero-order valence-electron chi connectivity index (χ0n) is 14.0. The summed E-state index contributed by atoms with van der Waals surface area (Å²) in [5.74, 6) is 7.21. The van der Waals surface area contributed by atoms with Crippen LogP contribution in [0.2, 0.25) is 0 Å². The lowest BCUT2D eigenvalue weighted by atomic mass is 10.1. The van der Waals surface area contributed by atoms with Crippen molar-refractivity contribution in [3.8, 4) is 17.5 Å². The summed E-state index contributed by atoms with van der Waals surface area (Å²) in [5, 5.41) is 8.62. The average molecular weight is 322 g/mol. The molecule has 0 amide bonds. The van der Waals surface area contributed by atoms with Crippen LogP contribution in [0.3, 0.4) is 0 Å². The van der Waals surface area contributed by atoms with Gasteiger partial charge < -0.3 is 4.74 Å². The Labute approximate surface area is 142 Å². The van der Waals surface area contributed by atoms with Crippen molar-refractivity contribution >= 4 is 0 Å². The summed E-state index contributed by atoms with van der Waals surface area (Å²) in [4.78, 5) is 2.35. The predicted molar refractivity (Wildman–Crippen MR) is 91.8 cm³/mol. The van der Waals surface area contributed by atoms with Crippen LogP contribution in [-0.4, -0.2) is 46.2 Å². The monoisotopic (exact) mass is 322 g/mol. The molecule has 5 heteroatoms. The van der Waals surface area contributed by atoms with Crippen molar-refractivity contribution in [3.05, 3.63) is 41.2 Å². The summed E-state index contributed by atoms with van der Waals surface area (Å²) < 4.78 is 7.25. The maximum Gasteiger partial charge on any atom is 0.0971 e. The molecule has 1 aliphatic heterocycles. The van der Waals surface area contributed by atoms with Crippen LogP contribution < -0.4 is 0 Å². The third-order valence-corrected chi connectivity index (χ3v) is 4.47. The number of morpholine rings is 1. The van der Waals surface area contributed by atoms with Crippen LogP contribution in [0.15, 0.2) is 24.4 Å². The SMILES string of the molecule is Cc1cc(C#CC2CC2)ccc1-n1cc(CN2CCOCC2)nn1. The van der Waals surface area contributed by atoms with Crippen molar-refractivity contribution in [2.45, 2.75) is 26.3 Å². The molecule has 0 radical (unpaired) electrons. The van der Waals surface area contributed by atoms with Gasteiger partial charge in [0.2, 0.25) is 0 Å². The third-order valence-electron chi connectivity index (χ3n) is 4.47. The van der Waals surface area contributed by atoms with Gasteiger partial charge in [-0.2, -0.15) is 0 Å². The van der Waals surface area contributed by atoms with Crippen molar-refractivity contribution in [2.75, 3.05) is 26.3 Å². The standard InChI is InChI=1S/C19H22N4O/c1-15-12-17(5-4-16-2-3-16)6-7-19(15)23-14-18(20-21-23)13-22-8-10-24-11-9-22/h6-7,12,14,16H,2-3,8-11,13H2,1H3. The second-order valence-electron chi connectivity index (χ2n) is 6.59. The molecule has 2 aliphatic rings. The smallest absolute Gasteiger partial charge is 0.0971 e. The number of ether oxygens (including phenoxy) is 1. The molecule has 2 heterocycles. The third kappa shape index (κ3) is 3.66. The Morgan fingerprint density at radius 1 is 1.25 bits per heavy atom. The van der Waals surface area contributed by atoms with E-state index in [0.717, 1.165) is 49.8 Å². The van der Waals surface area contributed by atoms with Gasteiger partial charge in [-0.05, 0) is 43.5 Å². The van der Waals surface area contributed by atoms with Gasteiger partial charge >= 0.3 is 0 Å². The largest absolute Gasteiger partial charge is 0.379 e. The van der Waals surface area contributed by atoms with Gasteiger partial charge in [-0.15, -0.1) is 5.10 Å². The first-order chi connectivity index (χ1) is 11.8. The number of aryl methyl sites for hydroxylation is 1. The van der Waals surface area contributed by atoms with E-state index >= 15 is 0 Å². The Kier molecular flexibility index (Phi) is 4.33. The Bertz CT molecular complexity index is 776. The lowest BCUT2D eigenvalue weighted by Crippen LogP contribution is -2.35. The van der Waals surface area contributed by atoms with Crippen LogP contribution in [0.1, 0.15) is 29.7 Å². The highest BCUT2D eigenvalue weighted by molar-refractivity contribution is 5.47. The Balaban J connectivity index is 1.48. The first-order valence-electron chi connectivity index (χ1n) is 8.62. The molecule has 0 spiro atoms. The molecule has 0 unspecified atom stereocenters. The molecule has 0 bridgehead atoms. The van der Waals surface area contributed by atoms with Crippen LogP contribution in [0.5, 0.6) is 0 Å². The molecule has 2 aromatic rings. The van der Waals surface area contributed by atoms with Crippen molar-refractivity contribution in [2.24, 2.45) is 5.92 Å². The first-order valence-corrected chi connectivity index (χ1v) is 8.62. The molecule has 1 aliphatic carbocycles. The van der Waals surface area contributed by atoms with E-state index in [2.05, 4.69) is 52.2 Å². The van der Waals surface area contributed by atoms with E-state index in [1.807, 2.05) is 10.9 Å². The lowest BCUT2D eigenvalue weighted by Gasteiger charge is -2.25. The van der Waals surface area contributed by atoms with E-state index in [4.69, 9.17) is 4.74 Å². The van der Waals surface area contributed by atoms with E-state index in [9.17, 15) is 0 Å². The number of hydrogen-bond acceptors (Lipinski definition) is 4. The second-order valence-corrected chi connectivity index (χ2v) is 6.59. The minimum atomic E-state index is 0.628. The summed E-state index contributed by atoms with van der Waals surface area (Å²) >= 11 is 0. The molecule has 5 nitrogen and oxygen atoms in total. The number of benzene rings is 1. The molecular formula is C19H22N4O. The second kappa shape index (κ2) is 6.76. The molecule has 1 aromatic heterocycles. The van der Waals surface area contributed by atoms with Gasteiger partial charge in [0, 0.05) is 31.1 Å². The van der Waals surface area contributed by atoms with Crippen LogP contribution >= 0.6 is 0 Å². The molecule has 1 aromatic carbocycles. The summed E-state index contributed by atoms with van der Waals surface area (Å²) in [6, 6.07) is 6.29. The highest BCUT2D eigenvalue weighted by Crippen LogP contribution is 2.27. The molecular weight excluding hydrogens is 300 g/mol. The quantitative estimate of drug-likeness (QED) is 0.812. The summed E-state index contributed by atoms with van der Waals surface area (Å²) in [6.45, 7) is 6.45. The zero-order valence-corrected chi connectivity index (χ0v) is 14.0. The van der Waals surface area contributed by atoms with E-state index < -0.39 is 0 Å². The maximum atomic E-state index is 5.38. The van der Waals surface area contributed by atoms with Crippen molar-refractivity contribution < 1.29 is 4.74 Å². The minimum absolute atomic E-state index is 0.628. The van der Waals surface area contributed by atoms with Crippen LogP contribution in [0.4, 0.5) is 0 Å². The number of rotatable bonds is 3. The first kappa shape index (κ1) is 15.4. The molecule has 24 heavy (non-hydrogen) atoms. The minimum Gasteiger partial charge on any atom is -0.379 e. The van der Waals surface area contributed by atoms with Crippen molar-refractivity contribution in [3.63, 3.8) is 0 Å². The predicted octanol–water partition coefficient (Wildman–Crippen LogP) is 2.17. The molecule has 1 saturated carbocycles. The van der Waals surface area contributed by atoms with Gasteiger partial charge in [-0.25, -0.2) is 4.68 Å². The topological polar surface area (TPSA) is 43.2 Å². The normalized spacial score (nSPS) is 18.2. The van der Waals surface area contributed by atoms with E-state index in [1.165, 1.54) is 18.4 Å². The summed E-state index contributed by atoms with van der Waals surface area (Å²) in [5.41, 5.74) is 4.30. The Morgan fingerprint density at radius 2 is 2.08 bits per heavy atom. The van der Waals surface area contributed by atoms with Gasteiger partial charge in [0.1, 0.15) is 0 Å². The zero-order chi connectivity index (χ0) is 16.4. The van der Waals surface area contributed by atoms with Crippen molar-refractivity contribution in [1.82, 2.24) is 19.9 Å². The lowest BCUT2D eigenvalue weighted by molar-refractivity contribution is 0.0336. The summed E-state index contributed by atoms with van der Waals surface area (Å²) in [7, 11) is 0. The molecule has 4 rings (SSSR count). The average Bonchev–Trinajstić information content (AvgIpc) is 3.32. The maximum absolute atomic E-state index is 5.38. The van der Waals surface area contributed by atoms with E-state index in [1.54, 1.807) is 0 Å². The highest BCUT2D eigenvalue weighted by Gasteiger charge is 2.17. The van der Waals surface area contributed by atoms with E-state index in [0.29, 0.717) is 5.92 Å². The molecule has 1 saturated heterocycles. The van der Waals surface area contributed by atoms with Crippen LogP contribution in [0, 0.1) is 24.7 Å². The fourth-order valence-corrected chi connectivity index (χ4v) is 2.88. The number of nitrogens with zero attached hydrogens (tertiary/aromatic N) is 4. The highest BCUT2D eigenvalue weighted by atomic mass is 16.5. The van der Waals surface area contributed by atoms with Crippen LogP contribution in [-0.2, 0) is 11.3 Å². The Morgan fingerprint density at radius 3 is 2.83 bits per heavy atom. The summed E-state index contributed by atoms with van der Waals surface area (Å²) in [6.07, 6.45) is 4.54. The van der Waals surface area contributed by atoms with Gasteiger partial charge in [0.05, 0.1) is 30.8 Å². The Hall–Kier alpha value is -2.16. The van der Waals surface area contributed by atoms with Crippen molar-refractivity contribution in [1.29, 1.82) is 0 Å². The van der Waals surface area contributed by atoms with Gasteiger partial charge in [0.25, 0.3) is 0 Å². The molecule has 2 fully saturated rings. The van der Waals surface area contributed by atoms with Gasteiger partial charge in [-0.3, -0.25) is 4.90 Å².